The summed E-state index contributed by atoms with van der Waals surface area (Å²) in [6.07, 6.45) is 6.35. The van der Waals surface area contributed by atoms with Gasteiger partial charge in [-0.1, -0.05) is 23.9 Å². The second-order valence-corrected chi connectivity index (χ2v) is 4.76. The largest absolute Gasteiger partial charge is 0.254 e. The molecule has 2 aromatic rings. The lowest BCUT2D eigenvalue weighted by Crippen LogP contribution is -1.90. The lowest BCUT2D eigenvalue weighted by Gasteiger charge is -2.04. The number of benzene rings is 1. The van der Waals surface area contributed by atoms with Gasteiger partial charge >= 0.3 is 0 Å². The SMILES string of the molecule is Fc1ccc2ccnc(SC3=NC=CC3)c2c1. The molecule has 0 fully saturated rings. The summed E-state index contributed by atoms with van der Waals surface area (Å²) in [5.41, 5.74) is 0. The summed E-state index contributed by atoms with van der Waals surface area (Å²) >= 11 is 1.50. The quantitative estimate of drug-likeness (QED) is 0.762. The minimum absolute atomic E-state index is 0.237. The van der Waals surface area contributed by atoms with Crippen LogP contribution in [-0.2, 0) is 0 Å². The topological polar surface area (TPSA) is 25.2 Å². The normalized spacial score (nSPS) is 14.3. The zero-order chi connectivity index (χ0) is 11.7. The minimum Gasteiger partial charge on any atom is -0.254 e. The molecule has 17 heavy (non-hydrogen) atoms. The molecule has 84 valence electrons. The zero-order valence-corrected chi connectivity index (χ0v) is 9.75. The second-order valence-electron chi connectivity index (χ2n) is 3.70. The van der Waals surface area contributed by atoms with Gasteiger partial charge in [0, 0.05) is 24.2 Å². The highest BCUT2D eigenvalue weighted by atomic mass is 32.2. The number of rotatable bonds is 1. The fraction of sp³-hybridized carbons (Fsp3) is 0.0769. The molecule has 1 aliphatic rings. The predicted octanol–water partition coefficient (Wildman–Crippen LogP) is 3.78. The molecule has 1 aromatic carbocycles. The van der Waals surface area contributed by atoms with Crippen LogP contribution in [0.4, 0.5) is 4.39 Å². The van der Waals surface area contributed by atoms with E-state index in [0.29, 0.717) is 0 Å². The van der Waals surface area contributed by atoms with Gasteiger partial charge in [0.1, 0.15) is 10.8 Å². The van der Waals surface area contributed by atoms with Crippen LogP contribution in [0.5, 0.6) is 0 Å². The molecule has 0 bridgehead atoms. The van der Waals surface area contributed by atoms with Gasteiger partial charge in [-0.3, -0.25) is 4.99 Å². The molecule has 4 heteroatoms. The molecular weight excluding hydrogens is 235 g/mol. The van der Waals surface area contributed by atoms with Gasteiger partial charge in [0.25, 0.3) is 0 Å². The molecule has 2 nitrogen and oxygen atoms in total. The number of hydrogen-bond acceptors (Lipinski definition) is 3. The van der Waals surface area contributed by atoms with Crippen LogP contribution in [0.25, 0.3) is 10.8 Å². The molecule has 0 aliphatic carbocycles. The standard InChI is InChI=1S/C13H9FN2S/c14-10-4-3-9-5-7-16-13(11(9)8-10)17-12-2-1-6-15-12/h1,3-8H,2H2. The first kappa shape index (κ1) is 10.5. The Morgan fingerprint density at radius 3 is 3.00 bits per heavy atom. The van der Waals surface area contributed by atoms with Crippen molar-refractivity contribution >= 4 is 27.6 Å². The van der Waals surface area contributed by atoms with Crippen LogP contribution in [0.15, 0.2) is 52.8 Å². The van der Waals surface area contributed by atoms with E-state index in [-0.39, 0.29) is 5.82 Å². The molecule has 0 atom stereocenters. The molecule has 1 aromatic heterocycles. The van der Waals surface area contributed by atoms with Crippen LogP contribution in [0.1, 0.15) is 6.42 Å². The highest BCUT2D eigenvalue weighted by Gasteiger charge is 2.09. The van der Waals surface area contributed by atoms with Crippen LogP contribution in [0.2, 0.25) is 0 Å². The third kappa shape index (κ3) is 2.08. The number of hydrogen-bond donors (Lipinski definition) is 0. The fourth-order valence-corrected chi connectivity index (χ4v) is 2.63. The number of thioether (sulfide) groups is 1. The van der Waals surface area contributed by atoms with E-state index in [1.165, 1.54) is 23.9 Å². The molecule has 1 aliphatic heterocycles. The fourth-order valence-electron chi connectivity index (χ4n) is 1.72. The summed E-state index contributed by atoms with van der Waals surface area (Å²) in [4.78, 5) is 8.52. The van der Waals surface area contributed by atoms with Crippen molar-refractivity contribution in [3.05, 3.63) is 48.6 Å². The van der Waals surface area contributed by atoms with Crippen molar-refractivity contribution in [2.75, 3.05) is 0 Å². The average molecular weight is 244 g/mol. The van der Waals surface area contributed by atoms with Crippen LogP contribution in [-0.4, -0.2) is 10.0 Å². The minimum atomic E-state index is -0.237. The smallest absolute Gasteiger partial charge is 0.123 e. The van der Waals surface area contributed by atoms with E-state index in [0.717, 1.165) is 27.3 Å². The Hall–Kier alpha value is -1.68. The van der Waals surface area contributed by atoms with E-state index in [1.54, 1.807) is 18.5 Å². The van der Waals surface area contributed by atoms with E-state index in [1.807, 2.05) is 12.1 Å². The van der Waals surface area contributed by atoms with Crippen molar-refractivity contribution in [1.82, 2.24) is 4.98 Å². The highest BCUT2D eigenvalue weighted by molar-refractivity contribution is 8.14. The lowest BCUT2D eigenvalue weighted by molar-refractivity contribution is 0.629. The van der Waals surface area contributed by atoms with Crippen LogP contribution < -0.4 is 0 Å². The third-order valence-electron chi connectivity index (χ3n) is 2.52. The van der Waals surface area contributed by atoms with Gasteiger partial charge < -0.3 is 0 Å². The number of halogens is 1. The molecule has 0 saturated carbocycles. The van der Waals surface area contributed by atoms with Crippen molar-refractivity contribution in [3.8, 4) is 0 Å². The van der Waals surface area contributed by atoms with E-state index < -0.39 is 0 Å². The van der Waals surface area contributed by atoms with Crippen molar-refractivity contribution in [2.24, 2.45) is 4.99 Å². The monoisotopic (exact) mass is 244 g/mol. The summed E-state index contributed by atoms with van der Waals surface area (Å²) in [6.45, 7) is 0. The van der Waals surface area contributed by atoms with Crippen LogP contribution in [0.3, 0.4) is 0 Å². The Morgan fingerprint density at radius 1 is 1.24 bits per heavy atom. The summed E-state index contributed by atoms with van der Waals surface area (Å²) in [7, 11) is 0. The Bertz CT molecular complexity index is 634. The summed E-state index contributed by atoms with van der Waals surface area (Å²) in [6, 6.07) is 6.64. The Morgan fingerprint density at radius 2 is 2.18 bits per heavy atom. The molecule has 0 radical (unpaired) electrons. The number of pyridine rings is 1. The number of fused-ring (bicyclic) bond motifs is 1. The molecule has 0 spiro atoms. The van der Waals surface area contributed by atoms with E-state index >= 15 is 0 Å². The third-order valence-corrected chi connectivity index (χ3v) is 3.55. The van der Waals surface area contributed by atoms with Gasteiger partial charge in [-0.2, -0.15) is 0 Å². The number of aliphatic imine (C=N–C) groups is 1. The molecule has 0 amide bonds. The van der Waals surface area contributed by atoms with E-state index in [4.69, 9.17) is 0 Å². The Balaban J connectivity index is 2.06. The number of nitrogens with zero attached hydrogens (tertiary/aromatic N) is 2. The van der Waals surface area contributed by atoms with Crippen molar-refractivity contribution in [1.29, 1.82) is 0 Å². The first-order valence-corrected chi connectivity index (χ1v) is 6.08. The van der Waals surface area contributed by atoms with Gasteiger partial charge in [0.15, 0.2) is 0 Å². The van der Waals surface area contributed by atoms with Crippen LogP contribution in [0, 0.1) is 5.82 Å². The van der Waals surface area contributed by atoms with Crippen LogP contribution >= 0.6 is 11.8 Å². The first-order valence-electron chi connectivity index (χ1n) is 5.27. The maximum absolute atomic E-state index is 13.3. The Labute approximate surface area is 102 Å². The number of aromatic nitrogens is 1. The van der Waals surface area contributed by atoms with Crippen molar-refractivity contribution in [2.45, 2.75) is 11.4 Å². The maximum atomic E-state index is 13.3. The van der Waals surface area contributed by atoms with Gasteiger partial charge in [-0.05, 0) is 23.6 Å². The zero-order valence-electron chi connectivity index (χ0n) is 8.93. The van der Waals surface area contributed by atoms with Gasteiger partial charge in [-0.15, -0.1) is 0 Å². The van der Waals surface area contributed by atoms with Crippen molar-refractivity contribution < 1.29 is 4.39 Å². The van der Waals surface area contributed by atoms with Gasteiger partial charge in [-0.25, -0.2) is 9.37 Å². The number of allylic oxidation sites excluding steroid dienone is 1. The first-order chi connectivity index (χ1) is 8.33. The summed E-state index contributed by atoms with van der Waals surface area (Å²) in [5.74, 6) is -0.237. The average Bonchev–Trinajstić information content (AvgIpc) is 2.83. The molecular formula is C13H9FN2S. The van der Waals surface area contributed by atoms with Gasteiger partial charge in [0.05, 0.1) is 5.04 Å². The second kappa shape index (κ2) is 4.30. The Kier molecular flexibility index (Phi) is 2.65. The summed E-state index contributed by atoms with van der Waals surface area (Å²) < 4.78 is 13.3. The van der Waals surface area contributed by atoms with E-state index in [2.05, 4.69) is 9.98 Å². The molecule has 2 heterocycles. The summed E-state index contributed by atoms with van der Waals surface area (Å²) in [5, 5.41) is 3.64. The maximum Gasteiger partial charge on any atom is 0.123 e. The van der Waals surface area contributed by atoms with Gasteiger partial charge in [0.2, 0.25) is 0 Å². The molecule has 0 N–H and O–H groups in total. The predicted molar refractivity (Wildman–Crippen MR) is 68.8 cm³/mol. The molecule has 3 rings (SSSR count). The van der Waals surface area contributed by atoms with E-state index in [9.17, 15) is 4.39 Å². The van der Waals surface area contributed by atoms with Crippen molar-refractivity contribution in [3.63, 3.8) is 0 Å². The molecule has 0 unspecified atom stereocenters. The molecule has 0 saturated heterocycles. The lowest BCUT2D eigenvalue weighted by atomic mass is 10.2. The highest BCUT2D eigenvalue weighted by Crippen LogP contribution is 2.29.